The van der Waals surface area contributed by atoms with Crippen molar-refractivity contribution in [3.05, 3.63) is 0 Å². The standard InChI is InChI=1S/C10H17NO4/c1-6(15-2)10(14)11-8(5-9(12)13)7-3-4-7/h6-8H,3-5H2,1-2H3,(H,11,14)(H,12,13). The van der Waals surface area contributed by atoms with Gasteiger partial charge in [-0.05, 0) is 25.7 Å². The van der Waals surface area contributed by atoms with Gasteiger partial charge in [-0.2, -0.15) is 0 Å². The van der Waals surface area contributed by atoms with Gasteiger partial charge < -0.3 is 15.2 Å². The van der Waals surface area contributed by atoms with Crippen molar-refractivity contribution in [2.45, 2.75) is 38.3 Å². The third kappa shape index (κ3) is 3.87. The minimum absolute atomic E-state index is 0.00710. The van der Waals surface area contributed by atoms with E-state index in [1.54, 1.807) is 6.92 Å². The fraction of sp³-hybridized carbons (Fsp3) is 0.800. The highest BCUT2D eigenvalue weighted by Crippen LogP contribution is 2.34. The number of nitrogens with one attached hydrogen (secondary N) is 1. The van der Waals surface area contributed by atoms with E-state index >= 15 is 0 Å². The van der Waals surface area contributed by atoms with Crippen LogP contribution in [0.2, 0.25) is 0 Å². The van der Waals surface area contributed by atoms with Crippen LogP contribution in [0.4, 0.5) is 0 Å². The van der Waals surface area contributed by atoms with Crippen LogP contribution in [-0.4, -0.2) is 36.2 Å². The zero-order valence-electron chi connectivity index (χ0n) is 9.03. The molecule has 5 heteroatoms. The molecule has 1 fully saturated rings. The lowest BCUT2D eigenvalue weighted by Crippen LogP contribution is -2.43. The largest absolute Gasteiger partial charge is 0.481 e. The highest BCUT2D eigenvalue weighted by Gasteiger charge is 2.34. The predicted molar refractivity (Wildman–Crippen MR) is 53.4 cm³/mol. The van der Waals surface area contributed by atoms with Crippen LogP contribution in [0.1, 0.15) is 26.2 Å². The first-order valence-electron chi connectivity index (χ1n) is 5.09. The molecule has 0 heterocycles. The van der Waals surface area contributed by atoms with Gasteiger partial charge in [0.25, 0.3) is 0 Å². The number of hydrogen-bond donors (Lipinski definition) is 2. The van der Waals surface area contributed by atoms with Gasteiger partial charge in [-0.25, -0.2) is 0 Å². The number of aliphatic carboxylic acids is 1. The molecule has 2 N–H and O–H groups in total. The fourth-order valence-corrected chi connectivity index (χ4v) is 1.43. The molecule has 1 aliphatic rings. The summed E-state index contributed by atoms with van der Waals surface area (Å²) in [5.41, 5.74) is 0. The Morgan fingerprint density at radius 1 is 1.53 bits per heavy atom. The van der Waals surface area contributed by atoms with Crippen molar-refractivity contribution in [1.82, 2.24) is 5.32 Å². The number of amides is 1. The van der Waals surface area contributed by atoms with E-state index in [0.29, 0.717) is 5.92 Å². The summed E-state index contributed by atoms with van der Waals surface area (Å²) in [6.07, 6.45) is 1.46. The van der Waals surface area contributed by atoms with Gasteiger partial charge in [0.05, 0.1) is 6.42 Å². The summed E-state index contributed by atoms with van der Waals surface area (Å²) in [6, 6.07) is -0.243. The molecule has 0 bridgehead atoms. The normalized spacial score (nSPS) is 19.3. The van der Waals surface area contributed by atoms with Crippen molar-refractivity contribution >= 4 is 11.9 Å². The molecule has 2 unspecified atom stereocenters. The van der Waals surface area contributed by atoms with E-state index in [-0.39, 0.29) is 18.4 Å². The summed E-state index contributed by atoms with van der Waals surface area (Å²) < 4.78 is 4.86. The lowest BCUT2D eigenvalue weighted by Gasteiger charge is -2.18. The molecule has 0 spiro atoms. The van der Waals surface area contributed by atoms with Gasteiger partial charge in [-0.3, -0.25) is 9.59 Å². The van der Waals surface area contributed by atoms with Gasteiger partial charge in [0.15, 0.2) is 0 Å². The molecule has 1 saturated carbocycles. The van der Waals surface area contributed by atoms with Crippen LogP contribution in [0.25, 0.3) is 0 Å². The highest BCUT2D eigenvalue weighted by molar-refractivity contribution is 5.81. The van der Waals surface area contributed by atoms with Crippen molar-refractivity contribution in [3.8, 4) is 0 Å². The summed E-state index contributed by atoms with van der Waals surface area (Å²) in [5.74, 6) is -0.790. The maximum absolute atomic E-state index is 11.5. The number of carboxylic acids is 1. The Morgan fingerprint density at radius 3 is 2.53 bits per heavy atom. The molecule has 0 aliphatic heterocycles. The number of ether oxygens (including phenoxy) is 1. The zero-order valence-corrected chi connectivity index (χ0v) is 9.03. The van der Waals surface area contributed by atoms with Crippen molar-refractivity contribution < 1.29 is 19.4 Å². The average molecular weight is 215 g/mol. The van der Waals surface area contributed by atoms with Gasteiger partial charge in [0.2, 0.25) is 5.91 Å². The second kappa shape index (κ2) is 5.11. The van der Waals surface area contributed by atoms with E-state index in [1.807, 2.05) is 0 Å². The lowest BCUT2D eigenvalue weighted by atomic mass is 10.1. The van der Waals surface area contributed by atoms with Crippen LogP contribution >= 0.6 is 0 Å². The van der Waals surface area contributed by atoms with E-state index in [2.05, 4.69) is 5.32 Å². The number of methoxy groups -OCH3 is 1. The number of hydrogen-bond acceptors (Lipinski definition) is 3. The Kier molecular flexibility index (Phi) is 4.08. The summed E-state index contributed by atoms with van der Waals surface area (Å²) in [5, 5.41) is 11.4. The lowest BCUT2D eigenvalue weighted by molar-refractivity contribution is -0.138. The molecular weight excluding hydrogens is 198 g/mol. The number of carbonyl (C=O) groups excluding carboxylic acids is 1. The maximum atomic E-state index is 11.5. The minimum atomic E-state index is -0.878. The molecule has 2 atom stereocenters. The van der Waals surface area contributed by atoms with Gasteiger partial charge in [-0.15, -0.1) is 0 Å². The first-order chi connectivity index (χ1) is 7.04. The van der Waals surface area contributed by atoms with E-state index in [4.69, 9.17) is 9.84 Å². The second-order valence-electron chi connectivity index (χ2n) is 3.93. The summed E-state index contributed by atoms with van der Waals surface area (Å²) >= 11 is 0. The van der Waals surface area contributed by atoms with E-state index in [0.717, 1.165) is 12.8 Å². The van der Waals surface area contributed by atoms with Crippen LogP contribution in [0, 0.1) is 5.92 Å². The topological polar surface area (TPSA) is 75.6 Å². The van der Waals surface area contributed by atoms with Crippen LogP contribution in [0.3, 0.4) is 0 Å². The summed E-state index contributed by atoms with van der Waals surface area (Å²) in [7, 11) is 1.45. The van der Waals surface area contributed by atoms with Crippen molar-refractivity contribution in [2.75, 3.05) is 7.11 Å². The van der Waals surface area contributed by atoms with Crippen molar-refractivity contribution in [2.24, 2.45) is 5.92 Å². The Hall–Kier alpha value is -1.10. The first-order valence-corrected chi connectivity index (χ1v) is 5.09. The van der Waals surface area contributed by atoms with Crippen molar-refractivity contribution in [3.63, 3.8) is 0 Å². The Bertz CT molecular complexity index is 250. The Balaban J connectivity index is 2.43. The number of carbonyl (C=O) groups is 2. The summed E-state index contributed by atoms with van der Waals surface area (Å²) in [6.45, 7) is 1.64. The van der Waals surface area contributed by atoms with E-state index in [9.17, 15) is 9.59 Å². The first kappa shape index (κ1) is 12.0. The molecule has 0 aromatic rings. The monoisotopic (exact) mass is 215 g/mol. The quantitative estimate of drug-likeness (QED) is 0.672. The Morgan fingerprint density at radius 2 is 2.13 bits per heavy atom. The van der Waals surface area contributed by atoms with Gasteiger partial charge >= 0.3 is 5.97 Å². The molecule has 1 amide bonds. The van der Waals surface area contributed by atoms with Gasteiger partial charge in [0.1, 0.15) is 6.10 Å². The van der Waals surface area contributed by atoms with Crippen LogP contribution < -0.4 is 5.32 Å². The van der Waals surface area contributed by atoms with Gasteiger partial charge in [0, 0.05) is 13.2 Å². The van der Waals surface area contributed by atoms with E-state index in [1.165, 1.54) is 7.11 Å². The highest BCUT2D eigenvalue weighted by atomic mass is 16.5. The number of carboxylic acid groups (broad SMARTS) is 1. The smallest absolute Gasteiger partial charge is 0.305 e. The molecular formula is C10H17NO4. The average Bonchev–Trinajstić information content (AvgIpc) is 2.97. The van der Waals surface area contributed by atoms with Crippen LogP contribution in [0.15, 0.2) is 0 Å². The van der Waals surface area contributed by atoms with Crippen LogP contribution in [-0.2, 0) is 14.3 Å². The second-order valence-corrected chi connectivity index (χ2v) is 3.93. The fourth-order valence-electron chi connectivity index (χ4n) is 1.43. The molecule has 1 rings (SSSR count). The molecule has 5 nitrogen and oxygen atoms in total. The molecule has 15 heavy (non-hydrogen) atoms. The maximum Gasteiger partial charge on any atom is 0.305 e. The van der Waals surface area contributed by atoms with Crippen molar-refractivity contribution in [1.29, 1.82) is 0 Å². The Labute approximate surface area is 88.8 Å². The third-order valence-corrected chi connectivity index (χ3v) is 2.64. The van der Waals surface area contributed by atoms with E-state index < -0.39 is 12.1 Å². The molecule has 1 aliphatic carbocycles. The SMILES string of the molecule is COC(C)C(=O)NC(CC(=O)O)C1CC1. The molecule has 86 valence electrons. The molecule has 0 radical (unpaired) electrons. The van der Waals surface area contributed by atoms with Gasteiger partial charge in [-0.1, -0.05) is 0 Å². The molecule has 0 aromatic carbocycles. The third-order valence-electron chi connectivity index (χ3n) is 2.64. The summed E-state index contributed by atoms with van der Waals surface area (Å²) in [4.78, 5) is 22.0. The number of rotatable bonds is 6. The van der Waals surface area contributed by atoms with Crippen LogP contribution in [0.5, 0.6) is 0 Å². The predicted octanol–water partition coefficient (Wildman–Crippen LogP) is 0.391. The molecule has 0 aromatic heterocycles. The molecule has 0 saturated heterocycles. The zero-order chi connectivity index (χ0) is 11.4. The minimum Gasteiger partial charge on any atom is -0.481 e.